The van der Waals surface area contributed by atoms with E-state index in [2.05, 4.69) is 15.3 Å². The monoisotopic (exact) mass is 358 g/mol. The van der Waals surface area contributed by atoms with Crippen molar-refractivity contribution in [2.45, 2.75) is 32.0 Å². The fourth-order valence-electron chi connectivity index (χ4n) is 3.50. The molecule has 5 nitrogen and oxygen atoms in total. The molecule has 2 atom stereocenters. The minimum atomic E-state index is -0.914. The summed E-state index contributed by atoms with van der Waals surface area (Å²) in [5, 5.41) is 3.06. The molecule has 1 aromatic heterocycles. The third-order valence-electron chi connectivity index (χ3n) is 5.30. The van der Waals surface area contributed by atoms with Crippen molar-refractivity contribution < 1.29 is 13.6 Å². The summed E-state index contributed by atoms with van der Waals surface area (Å²) in [5.74, 6) is 0.0567. The SMILES string of the molecule is C[C@@H](Nc1cc(-c2ccc(F)cc2)ncn1)C(=O)N1C[C@@H](F)C2(CC2)C1. The largest absolute Gasteiger partial charge is 0.359 e. The molecule has 1 saturated carbocycles. The number of amides is 1. The van der Waals surface area contributed by atoms with Crippen LogP contribution in [0, 0.1) is 11.2 Å². The summed E-state index contributed by atoms with van der Waals surface area (Å²) in [6.07, 6.45) is 2.22. The molecular weight excluding hydrogens is 338 g/mol. The second-order valence-corrected chi connectivity index (χ2v) is 7.21. The number of nitrogens with one attached hydrogen (secondary N) is 1. The zero-order valence-corrected chi connectivity index (χ0v) is 14.5. The Morgan fingerprint density at radius 1 is 1.31 bits per heavy atom. The highest BCUT2D eigenvalue weighted by Gasteiger charge is 2.56. The molecule has 1 aromatic carbocycles. The molecular formula is C19H20F2N4O. The van der Waals surface area contributed by atoms with E-state index in [0.29, 0.717) is 18.1 Å². The number of hydrogen-bond acceptors (Lipinski definition) is 4. The lowest BCUT2D eigenvalue weighted by Crippen LogP contribution is -2.40. The van der Waals surface area contributed by atoms with Crippen LogP contribution in [0.1, 0.15) is 19.8 Å². The maximum absolute atomic E-state index is 14.1. The molecule has 136 valence electrons. The Bertz CT molecular complexity index is 823. The van der Waals surface area contributed by atoms with Crippen molar-refractivity contribution in [3.8, 4) is 11.3 Å². The Morgan fingerprint density at radius 3 is 2.69 bits per heavy atom. The Kier molecular flexibility index (Phi) is 4.09. The van der Waals surface area contributed by atoms with Gasteiger partial charge in [0.2, 0.25) is 5.91 Å². The van der Waals surface area contributed by atoms with E-state index < -0.39 is 12.2 Å². The van der Waals surface area contributed by atoms with E-state index in [-0.39, 0.29) is 23.7 Å². The van der Waals surface area contributed by atoms with Crippen molar-refractivity contribution in [3.63, 3.8) is 0 Å². The Morgan fingerprint density at radius 2 is 2.04 bits per heavy atom. The molecule has 2 aromatic rings. The van der Waals surface area contributed by atoms with Crippen LogP contribution in [0.5, 0.6) is 0 Å². The first kappa shape index (κ1) is 16.9. The quantitative estimate of drug-likeness (QED) is 0.913. The van der Waals surface area contributed by atoms with Gasteiger partial charge in [-0.3, -0.25) is 4.79 Å². The van der Waals surface area contributed by atoms with Crippen LogP contribution in [-0.4, -0.2) is 46.1 Å². The summed E-state index contributed by atoms with van der Waals surface area (Å²) in [6.45, 7) is 2.42. The summed E-state index contributed by atoms with van der Waals surface area (Å²) in [5.41, 5.74) is 1.11. The summed E-state index contributed by atoms with van der Waals surface area (Å²) in [4.78, 5) is 22.6. The van der Waals surface area contributed by atoms with Gasteiger partial charge in [0.15, 0.2) is 0 Å². The summed E-state index contributed by atoms with van der Waals surface area (Å²) in [6, 6.07) is 7.19. The lowest BCUT2D eigenvalue weighted by Gasteiger charge is -2.22. The van der Waals surface area contributed by atoms with Gasteiger partial charge in [0, 0.05) is 23.6 Å². The van der Waals surface area contributed by atoms with Crippen molar-refractivity contribution >= 4 is 11.7 Å². The van der Waals surface area contributed by atoms with E-state index in [1.54, 1.807) is 30.0 Å². The fraction of sp³-hybridized carbons (Fsp3) is 0.421. The molecule has 26 heavy (non-hydrogen) atoms. The highest BCUT2D eigenvalue weighted by molar-refractivity contribution is 5.84. The molecule has 2 heterocycles. The van der Waals surface area contributed by atoms with Gasteiger partial charge in [-0.25, -0.2) is 18.7 Å². The zero-order valence-electron chi connectivity index (χ0n) is 14.5. The van der Waals surface area contributed by atoms with Gasteiger partial charge in [-0.1, -0.05) is 0 Å². The minimum Gasteiger partial charge on any atom is -0.359 e. The average Bonchev–Trinajstić information content (AvgIpc) is 3.34. The molecule has 1 spiro atoms. The fourth-order valence-corrected chi connectivity index (χ4v) is 3.50. The second-order valence-electron chi connectivity index (χ2n) is 7.21. The van der Waals surface area contributed by atoms with Gasteiger partial charge in [-0.15, -0.1) is 0 Å². The number of likely N-dealkylation sites (tertiary alicyclic amines) is 1. The highest BCUT2D eigenvalue weighted by atomic mass is 19.1. The van der Waals surface area contributed by atoms with Crippen molar-refractivity contribution in [2.75, 3.05) is 18.4 Å². The Hall–Kier alpha value is -2.57. The smallest absolute Gasteiger partial charge is 0.244 e. The van der Waals surface area contributed by atoms with Crippen LogP contribution in [0.15, 0.2) is 36.7 Å². The average molecular weight is 358 g/mol. The molecule has 4 rings (SSSR count). The molecule has 2 fully saturated rings. The minimum absolute atomic E-state index is 0.127. The Labute approximate surface area is 150 Å². The number of anilines is 1. The van der Waals surface area contributed by atoms with Gasteiger partial charge in [-0.2, -0.15) is 0 Å². The molecule has 1 aliphatic carbocycles. The highest BCUT2D eigenvalue weighted by Crippen LogP contribution is 2.54. The first-order chi connectivity index (χ1) is 12.5. The van der Waals surface area contributed by atoms with Crippen molar-refractivity contribution in [3.05, 3.63) is 42.5 Å². The molecule has 0 unspecified atom stereocenters. The lowest BCUT2D eigenvalue weighted by molar-refractivity contribution is -0.130. The number of carbonyl (C=O) groups excluding carboxylic acids is 1. The van der Waals surface area contributed by atoms with Gasteiger partial charge in [0.1, 0.15) is 30.2 Å². The summed E-state index contributed by atoms with van der Waals surface area (Å²) < 4.78 is 27.1. The maximum Gasteiger partial charge on any atom is 0.244 e. The van der Waals surface area contributed by atoms with Crippen molar-refractivity contribution in [1.29, 1.82) is 0 Å². The predicted molar refractivity (Wildman–Crippen MR) is 93.7 cm³/mol. The molecule has 0 radical (unpaired) electrons. The third-order valence-corrected chi connectivity index (χ3v) is 5.30. The van der Waals surface area contributed by atoms with E-state index in [0.717, 1.165) is 18.4 Å². The first-order valence-corrected chi connectivity index (χ1v) is 8.74. The van der Waals surface area contributed by atoms with Crippen LogP contribution in [0.3, 0.4) is 0 Å². The second kappa shape index (κ2) is 6.30. The van der Waals surface area contributed by atoms with Crippen LogP contribution in [0.2, 0.25) is 0 Å². The molecule has 1 aliphatic heterocycles. The summed E-state index contributed by atoms with van der Waals surface area (Å²) in [7, 11) is 0. The maximum atomic E-state index is 14.1. The third kappa shape index (κ3) is 3.13. The standard InChI is InChI=1S/C19H20F2N4O/c1-12(18(26)25-9-16(21)19(10-25)6-7-19)24-17-8-15(22-11-23-17)13-2-4-14(20)5-3-13/h2-5,8,11-12,16H,6-7,9-10H2,1H3,(H,22,23,24)/t12-,16-/m1/s1. The summed E-state index contributed by atoms with van der Waals surface area (Å²) >= 11 is 0. The zero-order chi connectivity index (χ0) is 18.3. The molecule has 2 aliphatic rings. The van der Waals surface area contributed by atoms with Crippen LogP contribution in [-0.2, 0) is 4.79 Å². The van der Waals surface area contributed by atoms with Crippen LogP contribution in [0.4, 0.5) is 14.6 Å². The van der Waals surface area contributed by atoms with Crippen LogP contribution >= 0.6 is 0 Å². The predicted octanol–water partition coefficient (Wildman–Crippen LogP) is 3.04. The Balaban J connectivity index is 1.44. The number of nitrogens with zero attached hydrogens (tertiary/aromatic N) is 3. The van der Waals surface area contributed by atoms with E-state index in [1.165, 1.54) is 18.5 Å². The van der Waals surface area contributed by atoms with E-state index in [1.807, 2.05) is 0 Å². The molecule has 1 amide bonds. The molecule has 7 heteroatoms. The number of halogens is 2. The van der Waals surface area contributed by atoms with E-state index >= 15 is 0 Å². The van der Waals surface area contributed by atoms with Crippen LogP contribution < -0.4 is 5.32 Å². The number of rotatable bonds is 4. The first-order valence-electron chi connectivity index (χ1n) is 8.74. The molecule has 1 N–H and O–H groups in total. The number of carbonyl (C=O) groups is 1. The van der Waals surface area contributed by atoms with Crippen molar-refractivity contribution in [2.24, 2.45) is 5.41 Å². The van der Waals surface area contributed by atoms with Crippen molar-refractivity contribution in [1.82, 2.24) is 14.9 Å². The van der Waals surface area contributed by atoms with E-state index in [4.69, 9.17) is 0 Å². The molecule has 1 saturated heterocycles. The number of benzene rings is 1. The normalized spacial score (nSPS) is 21.7. The van der Waals surface area contributed by atoms with Gasteiger partial charge < -0.3 is 10.2 Å². The lowest BCUT2D eigenvalue weighted by atomic mass is 10.1. The number of hydrogen-bond donors (Lipinski definition) is 1. The van der Waals surface area contributed by atoms with Crippen LogP contribution in [0.25, 0.3) is 11.3 Å². The van der Waals surface area contributed by atoms with Gasteiger partial charge in [-0.05, 0) is 44.0 Å². The topological polar surface area (TPSA) is 58.1 Å². The number of alkyl halides is 1. The van der Waals surface area contributed by atoms with Gasteiger partial charge in [0.05, 0.1) is 12.2 Å². The molecule has 0 bridgehead atoms. The van der Waals surface area contributed by atoms with Gasteiger partial charge in [0.25, 0.3) is 0 Å². The van der Waals surface area contributed by atoms with E-state index in [9.17, 15) is 13.6 Å². The van der Waals surface area contributed by atoms with Gasteiger partial charge >= 0.3 is 0 Å². The number of aromatic nitrogens is 2.